The lowest BCUT2D eigenvalue weighted by atomic mass is 9.97. The van der Waals surface area contributed by atoms with Crippen LogP contribution in [0.25, 0.3) is 0 Å². The Morgan fingerprint density at radius 2 is 1.86 bits per heavy atom. The lowest BCUT2D eigenvalue weighted by Crippen LogP contribution is -2.46. The lowest BCUT2D eigenvalue weighted by Gasteiger charge is -2.27. The Morgan fingerprint density at radius 3 is 2.29 bits per heavy atom. The van der Waals surface area contributed by atoms with Crippen molar-refractivity contribution >= 4 is 0 Å². The molecule has 0 aromatic carbocycles. The van der Waals surface area contributed by atoms with E-state index in [4.69, 9.17) is 5.26 Å². The van der Waals surface area contributed by atoms with E-state index in [2.05, 4.69) is 18.3 Å². The summed E-state index contributed by atoms with van der Waals surface area (Å²) in [6, 6.07) is 2.96. The van der Waals surface area contributed by atoms with Gasteiger partial charge in [-0.3, -0.25) is 5.32 Å². The molecule has 0 spiro atoms. The molecule has 1 N–H and O–H groups in total. The molecule has 1 aliphatic rings. The summed E-state index contributed by atoms with van der Waals surface area (Å²) in [6.45, 7) is 4.09. The zero-order valence-electron chi connectivity index (χ0n) is 9.47. The second kappa shape index (κ2) is 5.36. The van der Waals surface area contributed by atoms with Crippen LogP contribution in [0.3, 0.4) is 0 Å². The molecule has 1 saturated carbocycles. The maximum absolute atomic E-state index is 9.07. The first-order chi connectivity index (χ1) is 6.70. The van der Waals surface area contributed by atoms with Crippen molar-refractivity contribution in [1.29, 1.82) is 5.26 Å². The summed E-state index contributed by atoms with van der Waals surface area (Å²) in [5.41, 5.74) is -0.311. The van der Waals surface area contributed by atoms with E-state index in [1.807, 2.05) is 6.92 Å². The van der Waals surface area contributed by atoms with E-state index < -0.39 is 0 Å². The first-order valence-electron chi connectivity index (χ1n) is 5.89. The lowest BCUT2D eigenvalue weighted by molar-refractivity contribution is 0.343. The van der Waals surface area contributed by atoms with E-state index in [-0.39, 0.29) is 5.54 Å². The van der Waals surface area contributed by atoms with Crippen LogP contribution in [-0.2, 0) is 0 Å². The summed E-state index contributed by atoms with van der Waals surface area (Å²) < 4.78 is 0. The van der Waals surface area contributed by atoms with Crippen molar-refractivity contribution in [2.24, 2.45) is 0 Å². The summed E-state index contributed by atoms with van der Waals surface area (Å²) >= 11 is 0. The molecular formula is C12H22N2. The van der Waals surface area contributed by atoms with Gasteiger partial charge >= 0.3 is 0 Å². The molecule has 1 rings (SSSR count). The van der Waals surface area contributed by atoms with Crippen molar-refractivity contribution in [1.82, 2.24) is 5.32 Å². The van der Waals surface area contributed by atoms with Gasteiger partial charge in [-0.2, -0.15) is 5.26 Å². The smallest absolute Gasteiger partial charge is 0.103 e. The molecule has 0 aromatic rings. The highest BCUT2D eigenvalue weighted by Gasteiger charge is 2.25. The molecule has 1 aliphatic carbocycles. The molecule has 1 unspecified atom stereocenters. The van der Waals surface area contributed by atoms with Gasteiger partial charge in [0.05, 0.1) is 6.07 Å². The average molecular weight is 194 g/mol. The Bertz CT molecular complexity index is 199. The molecule has 0 aromatic heterocycles. The second-order valence-corrected chi connectivity index (χ2v) is 4.63. The van der Waals surface area contributed by atoms with Crippen LogP contribution in [-0.4, -0.2) is 11.6 Å². The van der Waals surface area contributed by atoms with Gasteiger partial charge < -0.3 is 0 Å². The van der Waals surface area contributed by atoms with E-state index >= 15 is 0 Å². The molecular weight excluding hydrogens is 172 g/mol. The molecule has 0 heterocycles. The van der Waals surface area contributed by atoms with E-state index in [0.29, 0.717) is 6.04 Å². The van der Waals surface area contributed by atoms with Crippen molar-refractivity contribution in [2.45, 2.75) is 70.4 Å². The number of nitrogens with zero attached hydrogens (tertiary/aromatic N) is 1. The molecule has 0 amide bonds. The topological polar surface area (TPSA) is 35.8 Å². The first kappa shape index (κ1) is 11.5. The Hall–Kier alpha value is -0.550. The highest BCUT2D eigenvalue weighted by Crippen LogP contribution is 2.20. The third-order valence-electron chi connectivity index (χ3n) is 3.33. The Balaban J connectivity index is 2.45. The Morgan fingerprint density at radius 1 is 1.29 bits per heavy atom. The average Bonchev–Trinajstić information content (AvgIpc) is 2.46. The quantitative estimate of drug-likeness (QED) is 0.701. The minimum atomic E-state index is -0.311. The summed E-state index contributed by atoms with van der Waals surface area (Å²) in [7, 11) is 0. The largest absolute Gasteiger partial charge is 0.297 e. The molecule has 14 heavy (non-hydrogen) atoms. The molecule has 0 radical (unpaired) electrons. The van der Waals surface area contributed by atoms with Gasteiger partial charge in [0.1, 0.15) is 5.54 Å². The fourth-order valence-corrected chi connectivity index (χ4v) is 2.09. The number of nitrogens with one attached hydrogen (secondary N) is 1. The fraction of sp³-hybridized carbons (Fsp3) is 0.917. The van der Waals surface area contributed by atoms with Crippen LogP contribution in [0.1, 0.15) is 58.8 Å². The van der Waals surface area contributed by atoms with Gasteiger partial charge in [-0.25, -0.2) is 0 Å². The van der Waals surface area contributed by atoms with Gasteiger partial charge in [-0.1, -0.05) is 32.6 Å². The van der Waals surface area contributed by atoms with Crippen molar-refractivity contribution in [2.75, 3.05) is 0 Å². The van der Waals surface area contributed by atoms with Gasteiger partial charge in [0.15, 0.2) is 0 Å². The van der Waals surface area contributed by atoms with Crippen LogP contribution in [0.15, 0.2) is 0 Å². The Labute approximate surface area is 87.7 Å². The van der Waals surface area contributed by atoms with E-state index in [9.17, 15) is 0 Å². The Kier molecular flexibility index (Phi) is 4.41. The van der Waals surface area contributed by atoms with Gasteiger partial charge in [0.25, 0.3) is 0 Å². The predicted octanol–water partition coefficient (Wildman–Crippen LogP) is 2.99. The molecule has 0 aliphatic heterocycles. The second-order valence-electron chi connectivity index (χ2n) is 4.63. The number of hydrogen-bond acceptors (Lipinski definition) is 2. The SMILES string of the molecule is CCC(C)(C#N)NC1CCCCCC1. The predicted molar refractivity (Wildman–Crippen MR) is 58.9 cm³/mol. The number of nitriles is 1. The molecule has 0 saturated heterocycles. The van der Waals surface area contributed by atoms with Crippen LogP contribution >= 0.6 is 0 Å². The summed E-state index contributed by atoms with van der Waals surface area (Å²) in [4.78, 5) is 0. The molecule has 2 heteroatoms. The molecule has 0 bridgehead atoms. The van der Waals surface area contributed by atoms with Crippen LogP contribution in [0.2, 0.25) is 0 Å². The van der Waals surface area contributed by atoms with E-state index in [1.165, 1.54) is 38.5 Å². The zero-order valence-corrected chi connectivity index (χ0v) is 9.47. The normalized spacial score (nSPS) is 23.5. The molecule has 2 nitrogen and oxygen atoms in total. The van der Waals surface area contributed by atoms with E-state index in [1.54, 1.807) is 0 Å². The highest BCUT2D eigenvalue weighted by molar-refractivity contribution is 5.04. The maximum Gasteiger partial charge on any atom is 0.103 e. The number of hydrogen-bond donors (Lipinski definition) is 1. The van der Waals surface area contributed by atoms with Crippen molar-refractivity contribution in [3.8, 4) is 6.07 Å². The van der Waals surface area contributed by atoms with Crippen molar-refractivity contribution in [3.63, 3.8) is 0 Å². The summed E-state index contributed by atoms with van der Waals surface area (Å²) in [5, 5.41) is 12.6. The van der Waals surface area contributed by atoms with Crippen LogP contribution in [0.4, 0.5) is 0 Å². The van der Waals surface area contributed by atoms with Gasteiger partial charge in [0, 0.05) is 6.04 Å². The van der Waals surface area contributed by atoms with Crippen LogP contribution < -0.4 is 5.32 Å². The molecule has 80 valence electrons. The summed E-state index contributed by atoms with van der Waals surface area (Å²) in [6.07, 6.45) is 8.77. The number of rotatable bonds is 3. The van der Waals surface area contributed by atoms with Gasteiger partial charge in [-0.05, 0) is 26.2 Å². The van der Waals surface area contributed by atoms with Crippen molar-refractivity contribution < 1.29 is 0 Å². The fourth-order valence-electron chi connectivity index (χ4n) is 2.09. The standard InChI is InChI=1S/C12H22N2/c1-3-12(2,10-13)14-11-8-6-4-5-7-9-11/h11,14H,3-9H2,1-2H3. The third-order valence-corrected chi connectivity index (χ3v) is 3.33. The van der Waals surface area contributed by atoms with Gasteiger partial charge in [-0.15, -0.1) is 0 Å². The third kappa shape index (κ3) is 3.31. The molecule has 1 fully saturated rings. The van der Waals surface area contributed by atoms with Crippen molar-refractivity contribution in [3.05, 3.63) is 0 Å². The molecule has 1 atom stereocenters. The van der Waals surface area contributed by atoms with Crippen LogP contribution in [0.5, 0.6) is 0 Å². The monoisotopic (exact) mass is 194 g/mol. The zero-order chi connectivity index (χ0) is 10.4. The maximum atomic E-state index is 9.07. The first-order valence-corrected chi connectivity index (χ1v) is 5.89. The highest BCUT2D eigenvalue weighted by atomic mass is 15.0. The minimum Gasteiger partial charge on any atom is -0.297 e. The van der Waals surface area contributed by atoms with Gasteiger partial charge in [0.2, 0.25) is 0 Å². The van der Waals surface area contributed by atoms with Crippen LogP contribution in [0, 0.1) is 11.3 Å². The summed E-state index contributed by atoms with van der Waals surface area (Å²) in [5.74, 6) is 0. The van der Waals surface area contributed by atoms with E-state index in [0.717, 1.165) is 6.42 Å². The minimum absolute atomic E-state index is 0.311.